The van der Waals surface area contributed by atoms with E-state index in [-0.39, 0.29) is 18.3 Å². The Kier molecular flexibility index (Phi) is 5.90. The summed E-state index contributed by atoms with van der Waals surface area (Å²) in [5.41, 5.74) is 3.67. The number of amides is 1. The van der Waals surface area contributed by atoms with Gasteiger partial charge in [-0.3, -0.25) is 9.78 Å². The molecular formula is C27H19FN4O2. The molecule has 5 rings (SSSR count). The molecule has 6 nitrogen and oxygen atoms in total. The van der Waals surface area contributed by atoms with E-state index in [4.69, 9.17) is 9.72 Å². The third kappa shape index (κ3) is 4.73. The summed E-state index contributed by atoms with van der Waals surface area (Å²) >= 11 is 0. The Hall–Kier alpha value is -4.65. The molecule has 1 amide bonds. The molecule has 166 valence electrons. The largest absolute Gasteiger partial charge is 0.439 e. The van der Waals surface area contributed by atoms with Gasteiger partial charge >= 0.3 is 0 Å². The Morgan fingerprint density at radius 3 is 2.53 bits per heavy atom. The number of fused-ring (bicyclic) bond motifs is 1. The topological polar surface area (TPSA) is 77.0 Å². The van der Waals surface area contributed by atoms with E-state index in [0.717, 1.165) is 22.0 Å². The third-order valence-corrected chi connectivity index (χ3v) is 5.23. The number of para-hydroxylation sites is 1. The number of halogens is 1. The average Bonchev–Trinajstić information content (AvgIpc) is 2.89. The van der Waals surface area contributed by atoms with Crippen LogP contribution in [0.4, 0.5) is 4.39 Å². The molecule has 0 saturated carbocycles. The van der Waals surface area contributed by atoms with Crippen LogP contribution in [0, 0.1) is 5.82 Å². The quantitative estimate of drug-likeness (QED) is 0.367. The monoisotopic (exact) mass is 450 g/mol. The molecule has 0 radical (unpaired) electrons. The lowest BCUT2D eigenvalue weighted by molar-refractivity contribution is 0.0952. The lowest BCUT2D eigenvalue weighted by atomic mass is 10.0. The fourth-order valence-electron chi connectivity index (χ4n) is 3.55. The van der Waals surface area contributed by atoms with Crippen molar-refractivity contribution in [1.82, 2.24) is 20.3 Å². The first kappa shape index (κ1) is 21.2. The first-order chi connectivity index (χ1) is 16.7. The van der Waals surface area contributed by atoms with Crippen LogP contribution >= 0.6 is 0 Å². The molecule has 0 atom stereocenters. The van der Waals surface area contributed by atoms with E-state index < -0.39 is 0 Å². The second-order valence-electron chi connectivity index (χ2n) is 7.55. The maximum atomic E-state index is 13.2. The van der Waals surface area contributed by atoms with Crippen LogP contribution in [-0.4, -0.2) is 20.9 Å². The van der Waals surface area contributed by atoms with Crippen LogP contribution < -0.4 is 10.1 Å². The first-order valence-corrected chi connectivity index (χ1v) is 10.6. The molecule has 34 heavy (non-hydrogen) atoms. The zero-order chi connectivity index (χ0) is 23.3. The Balaban J connectivity index is 1.37. The van der Waals surface area contributed by atoms with E-state index in [1.807, 2.05) is 36.4 Å². The second-order valence-corrected chi connectivity index (χ2v) is 7.55. The first-order valence-electron chi connectivity index (χ1n) is 10.6. The second kappa shape index (κ2) is 9.46. The summed E-state index contributed by atoms with van der Waals surface area (Å²) in [5.74, 6) is 0.272. The van der Waals surface area contributed by atoms with Crippen LogP contribution in [0.3, 0.4) is 0 Å². The number of benzene rings is 2. The number of hydrogen-bond donors (Lipinski definition) is 1. The highest BCUT2D eigenvalue weighted by molar-refractivity contribution is 6.07. The Morgan fingerprint density at radius 2 is 1.71 bits per heavy atom. The molecule has 0 fully saturated rings. The van der Waals surface area contributed by atoms with E-state index in [0.29, 0.717) is 22.9 Å². The van der Waals surface area contributed by atoms with Crippen molar-refractivity contribution in [2.24, 2.45) is 0 Å². The zero-order valence-corrected chi connectivity index (χ0v) is 18.0. The van der Waals surface area contributed by atoms with Crippen LogP contribution in [0.2, 0.25) is 0 Å². The van der Waals surface area contributed by atoms with Crippen LogP contribution in [0.15, 0.2) is 97.5 Å². The molecule has 2 aromatic carbocycles. The van der Waals surface area contributed by atoms with Gasteiger partial charge in [-0.05, 0) is 60.2 Å². The Bertz CT molecular complexity index is 1460. The number of nitrogens with zero attached hydrogens (tertiary/aromatic N) is 3. The van der Waals surface area contributed by atoms with Crippen molar-refractivity contribution in [1.29, 1.82) is 0 Å². The van der Waals surface area contributed by atoms with Gasteiger partial charge in [-0.1, -0.05) is 18.2 Å². The number of carbonyl (C=O) groups excluding carboxylic acids is 1. The molecule has 0 unspecified atom stereocenters. The number of hydrogen-bond acceptors (Lipinski definition) is 5. The summed E-state index contributed by atoms with van der Waals surface area (Å²) in [6, 6.07) is 22.3. The van der Waals surface area contributed by atoms with Crippen LogP contribution in [0.25, 0.3) is 22.2 Å². The van der Waals surface area contributed by atoms with Crippen molar-refractivity contribution >= 4 is 16.8 Å². The van der Waals surface area contributed by atoms with E-state index in [2.05, 4.69) is 15.3 Å². The summed E-state index contributed by atoms with van der Waals surface area (Å²) in [4.78, 5) is 26.1. The van der Waals surface area contributed by atoms with Crippen LogP contribution in [0.5, 0.6) is 11.6 Å². The molecule has 5 aromatic rings. The number of aromatic nitrogens is 3. The van der Waals surface area contributed by atoms with Crippen molar-refractivity contribution in [3.8, 4) is 22.9 Å². The van der Waals surface area contributed by atoms with Crippen LogP contribution in [0.1, 0.15) is 15.9 Å². The SMILES string of the molecule is O=C(NCc1ccnc(Oc2ccc(F)cc2)c1)c1cc(-c2ccncc2)nc2ccccc12. The van der Waals surface area contributed by atoms with Crippen molar-refractivity contribution in [3.63, 3.8) is 0 Å². The predicted molar refractivity (Wildman–Crippen MR) is 127 cm³/mol. The molecule has 0 aliphatic rings. The highest BCUT2D eigenvalue weighted by Crippen LogP contribution is 2.25. The minimum atomic E-state index is -0.340. The number of rotatable bonds is 6. The molecule has 3 aromatic heterocycles. The van der Waals surface area contributed by atoms with Crippen molar-refractivity contribution in [3.05, 3.63) is 114 Å². The summed E-state index contributed by atoms with van der Waals surface area (Å²) < 4.78 is 18.8. The van der Waals surface area contributed by atoms with E-state index >= 15 is 0 Å². The standard InChI is InChI=1S/C27H19FN4O2/c28-20-5-7-21(8-6-20)34-26-15-18(9-14-30-26)17-31-27(33)23-16-25(19-10-12-29-13-11-19)32-24-4-2-1-3-22(23)24/h1-16H,17H2,(H,31,33). The van der Waals surface area contributed by atoms with Crippen molar-refractivity contribution in [2.45, 2.75) is 6.54 Å². The fraction of sp³-hybridized carbons (Fsp3) is 0.0370. The van der Waals surface area contributed by atoms with Crippen molar-refractivity contribution in [2.75, 3.05) is 0 Å². The average molecular weight is 450 g/mol. The minimum Gasteiger partial charge on any atom is -0.439 e. The molecule has 3 heterocycles. The summed E-state index contributed by atoms with van der Waals surface area (Å²) in [7, 11) is 0. The summed E-state index contributed by atoms with van der Waals surface area (Å²) in [6.45, 7) is 0.280. The third-order valence-electron chi connectivity index (χ3n) is 5.23. The molecule has 0 bridgehead atoms. The molecule has 0 saturated heterocycles. The van der Waals surface area contributed by atoms with Gasteiger partial charge in [-0.25, -0.2) is 14.4 Å². The number of carbonyl (C=O) groups is 1. The van der Waals surface area contributed by atoms with Gasteiger partial charge in [0.05, 0.1) is 16.8 Å². The Morgan fingerprint density at radius 1 is 0.912 bits per heavy atom. The number of ether oxygens (including phenoxy) is 1. The maximum absolute atomic E-state index is 13.2. The maximum Gasteiger partial charge on any atom is 0.252 e. The van der Waals surface area contributed by atoms with Crippen LogP contribution in [-0.2, 0) is 6.54 Å². The van der Waals surface area contributed by atoms with Gasteiger partial charge in [0.1, 0.15) is 11.6 Å². The van der Waals surface area contributed by atoms with E-state index in [1.54, 1.807) is 36.8 Å². The van der Waals surface area contributed by atoms with Gasteiger partial charge in [0.2, 0.25) is 5.88 Å². The van der Waals surface area contributed by atoms with E-state index in [1.165, 1.54) is 24.3 Å². The Labute approximate surface area is 195 Å². The predicted octanol–water partition coefficient (Wildman–Crippen LogP) is 5.55. The van der Waals surface area contributed by atoms with Crippen molar-refractivity contribution < 1.29 is 13.9 Å². The molecule has 7 heteroatoms. The smallest absolute Gasteiger partial charge is 0.252 e. The number of pyridine rings is 3. The molecule has 1 N–H and O–H groups in total. The summed E-state index contributed by atoms with van der Waals surface area (Å²) in [6.07, 6.45) is 4.99. The molecule has 0 spiro atoms. The highest BCUT2D eigenvalue weighted by atomic mass is 19.1. The number of nitrogens with one attached hydrogen (secondary N) is 1. The van der Waals surface area contributed by atoms with Gasteiger partial charge in [-0.2, -0.15) is 0 Å². The molecule has 0 aliphatic carbocycles. The highest BCUT2D eigenvalue weighted by Gasteiger charge is 2.14. The minimum absolute atomic E-state index is 0.216. The van der Waals surface area contributed by atoms with E-state index in [9.17, 15) is 9.18 Å². The molecular weight excluding hydrogens is 431 g/mol. The normalized spacial score (nSPS) is 10.7. The zero-order valence-electron chi connectivity index (χ0n) is 18.0. The van der Waals surface area contributed by atoms with Gasteiger partial charge < -0.3 is 10.1 Å². The van der Waals surface area contributed by atoms with Gasteiger partial charge in [-0.15, -0.1) is 0 Å². The summed E-state index contributed by atoms with van der Waals surface area (Å²) in [5, 5.41) is 3.74. The lowest BCUT2D eigenvalue weighted by Gasteiger charge is -2.11. The molecule has 0 aliphatic heterocycles. The van der Waals surface area contributed by atoms with Gasteiger partial charge in [0, 0.05) is 42.2 Å². The lowest BCUT2D eigenvalue weighted by Crippen LogP contribution is -2.23. The van der Waals surface area contributed by atoms with Gasteiger partial charge in [0.25, 0.3) is 5.91 Å². The van der Waals surface area contributed by atoms with Gasteiger partial charge in [0.15, 0.2) is 0 Å². The fourth-order valence-corrected chi connectivity index (χ4v) is 3.55.